The van der Waals surface area contributed by atoms with Gasteiger partial charge >= 0.3 is 0 Å². The second-order valence-corrected chi connectivity index (χ2v) is 7.33. The van der Waals surface area contributed by atoms with E-state index in [1.165, 1.54) is 6.42 Å². The molecule has 2 aliphatic rings. The first-order chi connectivity index (χ1) is 12.1. The summed E-state index contributed by atoms with van der Waals surface area (Å²) in [4.78, 5) is 14.9. The average molecular weight is 418 g/mol. The number of carbonyl (C=O) groups is 1. The van der Waals surface area contributed by atoms with E-state index in [2.05, 4.69) is 24.1 Å². The number of rotatable bonds is 8. The van der Waals surface area contributed by atoms with Crippen molar-refractivity contribution >= 4 is 36.4 Å². The molecule has 0 radical (unpaired) electrons. The van der Waals surface area contributed by atoms with Crippen molar-refractivity contribution in [3.05, 3.63) is 24.3 Å². The number of hydrogen-bond donors (Lipinski definition) is 2. The number of likely N-dealkylation sites (N-methyl/N-ethyl adjacent to an activating group) is 1. The molecule has 7 heteroatoms. The molecule has 1 aromatic rings. The Balaban J connectivity index is 0.00000182. The molecule has 2 bridgehead atoms. The summed E-state index contributed by atoms with van der Waals surface area (Å²) in [6.07, 6.45) is 3.46. The molecule has 0 aliphatic heterocycles. The van der Waals surface area contributed by atoms with E-state index in [4.69, 9.17) is 10.5 Å². The SMILES string of the molecule is CCN(CC)CCOc1ccc(NC(=O)C2C3CCC(C3)C2N)cc1.Cl.Cl. The van der Waals surface area contributed by atoms with E-state index in [0.29, 0.717) is 18.4 Å². The smallest absolute Gasteiger partial charge is 0.229 e. The van der Waals surface area contributed by atoms with Crippen LogP contribution in [0.2, 0.25) is 0 Å². The Bertz CT molecular complexity index is 579. The molecule has 0 aromatic heterocycles. The Morgan fingerprint density at radius 3 is 2.33 bits per heavy atom. The van der Waals surface area contributed by atoms with Crippen LogP contribution in [0.25, 0.3) is 0 Å². The number of halogens is 2. The Morgan fingerprint density at radius 2 is 1.78 bits per heavy atom. The minimum absolute atomic E-state index is 0. The van der Waals surface area contributed by atoms with E-state index in [1.54, 1.807) is 0 Å². The number of hydrogen-bond acceptors (Lipinski definition) is 4. The number of benzene rings is 1. The van der Waals surface area contributed by atoms with Gasteiger partial charge in [-0.05, 0) is 68.5 Å². The van der Waals surface area contributed by atoms with Gasteiger partial charge in [-0.3, -0.25) is 4.79 Å². The Hall–Kier alpha value is -1.01. The minimum atomic E-state index is -0.0243. The fourth-order valence-electron chi connectivity index (χ4n) is 4.42. The fourth-order valence-corrected chi connectivity index (χ4v) is 4.42. The zero-order valence-corrected chi connectivity index (χ0v) is 17.9. The lowest BCUT2D eigenvalue weighted by molar-refractivity contribution is -0.121. The lowest BCUT2D eigenvalue weighted by atomic mass is 9.84. The molecular formula is C20H33Cl2N3O2. The molecule has 0 heterocycles. The highest BCUT2D eigenvalue weighted by atomic mass is 35.5. The van der Waals surface area contributed by atoms with Crippen molar-refractivity contribution in [2.45, 2.75) is 39.2 Å². The van der Waals surface area contributed by atoms with Crippen LogP contribution in [0.3, 0.4) is 0 Å². The highest BCUT2D eigenvalue weighted by molar-refractivity contribution is 5.93. The number of nitrogens with zero attached hydrogens (tertiary/aromatic N) is 1. The number of nitrogens with one attached hydrogen (secondary N) is 1. The molecular weight excluding hydrogens is 385 g/mol. The van der Waals surface area contributed by atoms with Gasteiger partial charge < -0.3 is 20.7 Å². The molecule has 1 aromatic carbocycles. The number of ether oxygens (including phenoxy) is 1. The van der Waals surface area contributed by atoms with Crippen molar-refractivity contribution in [2.75, 3.05) is 31.6 Å². The van der Waals surface area contributed by atoms with Gasteiger partial charge in [0.05, 0.1) is 5.92 Å². The first-order valence-corrected chi connectivity index (χ1v) is 9.64. The number of nitrogens with two attached hydrogens (primary N) is 1. The second kappa shape index (κ2) is 11.1. The molecule has 3 rings (SSSR count). The van der Waals surface area contributed by atoms with Crippen molar-refractivity contribution in [2.24, 2.45) is 23.5 Å². The van der Waals surface area contributed by atoms with Crippen LogP contribution in [0, 0.1) is 17.8 Å². The van der Waals surface area contributed by atoms with Gasteiger partial charge in [-0.15, -0.1) is 24.8 Å². The average Bonchev–Trinajstić information content (AvgIpc) is 3.21. The van der Waals surface area contributed by atoms with Gasteiger partial charge in [0.25, 0.3) is 0 Å². The molecule has 27 heavy (non-hydrogen) atoms. The summed E-state index contributed by atoms with van der Waals surface area (Å²) < 4.78 is 5.78. The third-order valence-electron chi connectivity index (χ3n) is 5.98. The van der Waals surface area contributed by atoms with E-state index in [-0.39, 0.29) is 42.7 Å². The van der Waals surface area contributed by atoms with Gasteiger partial charge in [0.2, 0.25) is 5.91 Å². The van der Waals surface area contributed by atoms with Crippen LogP contribution < -0.4 is 15.8 Å². The summed E-state index contributed by atoms with van der Waals surface area (Å²) in [7, 11) is 0. The summed E-state index contributed by atoms with van der Waals surface area (Å²) >= 11 is 0. The van der Waals surface area contributed by atoms with E-state index >= 15 is 0 Å². The van der Waals surface area contributed by atoms with E-state index < -0.39 is 0 Å². The molecule has 1 amide bonds. The molecule has 3 N–H and O–H groups in total. The van der Waals surface area contributed by atoms with E-state index in [0.717, 1.165) is 43.9 Å². The molecule has 4 unspecified atom stereocenters. The van der Waals surface area contributed by atoms with Crippen LogP contribution in [0.4, 0.5) is 5.69 Å². The summed E-state index contributed by atoms with van der Waals surface area (Å²) in [5, 5.41) is 3.04. The van der Waals surface area contributed by atoms with Crippen molar-refractivity contribution in [1.82, 2.24) is 4.90 Å². The molecule has 2 fully saturated rings. The van der Waals surface area contributed by atoms with Crippen molar-refractivity contribution < 1.29 is 9.53 Å². The maximum absolute atomic E-state index is 12.6. The monoisotopic (exact) mass is 417 g/mol. The normalized spacial score (nSPS) is 25.6. The number of carbonyl (C=O) groups excluding carboxylic acids is 1. The first-order valence-electron chi connectivity index (χ1n) is 9.64. The lowest BCUT2D eigenvalue weighted by Crippen LogP contribution is -2.42. The summed E-state index contributed by atoms with van der Waals surface area (Å²) in [6, 6.07) is 7.67. The van der Waals surface area contributed by atoms with Gasteiger partial charge in [0.15, 0.2) is 0 Å². The molecule has 2 aliphatic carbocycles. The Kier molecular flexibility index (Phi) is 9.88. The van der Waals surface area contributed by atoms with Gasteiger partial charge in [-0.25, -0.2) is 0 Å². The second-order valence-electron chi connectivity index (χ2n) is 7.33. The van der Waals surface area contributed by atoms with Gasteiger partial charge in [0.1, 0.15) is 12.4 Å². The molecule has 5 nitrogen and oxygen atoms in total. The largest absolute Gasteiger partial charge is 0.492 e. The van der Waals surface area contributed by atoms with Crippen molar-refractivity contribution in [1.29, 1.82) is 0 Å². The minimum Gasteiger partial charge on any atom is -0.492 e. The van der Waals surface area contributed by atoms with Crippen LogP contribution in [0.15, 0.2) is 24.3 Å². The summed E-state index contributed by atoms with van der Waals surface area (Å²) in [5.41, 5.74) is 7.08. The van der Waals surface area contributed by atoms with E-state index in [1.807, 2.05) is 24.3 Å². The van der Waals surface area contributed by atoms with Crippen molar-refractivity contribution in [3.8, 4) is 5.75 Å². The van der Waals surface area contributed by atoms with Crippen LogP contribution >= 0.6 is 24.8 Å². The fraction of sp³-hybridized carbons (Fsp3) is 0.650. The number of anilines is 1. The standard InChI is InChI=1S/C20H31N3O2.2ClH/c1-3-23(4-2)11-12-25-17-9-7-16(8-10-17)22-20(24)18-14-5-6-15(13-14)19(18)21;;/h7-10,14-15,18-19H,3-6,11-13,21H2,1-2H3,(H,22,24);2*1H. The zero-order chi connectivity index (χ0) is 17.8. The maximum atomic E-state index is 12.6. The molecule has 4 atom stereocenters. The summed E-state index contributed by atoms with van der Waals surface area (Å²) in [5.74, 6) is 1.91. The third-order valence-corrected chi connectivity index (χ3v) is 5.98. The molecule has 2 saturated carbocycles. The highest BCUT2D eigenvalue weighted by Crippen LogP contribution is 2.47. The molecule has 0 saturated heterocycles. The predicted molar refractivity (Wildman–Crippen MR) is 115 cm³/mol. The van der Waals surface area contributed by atoms with E-state index in [9.17, 15) is 4.79 Å². The van der Waals surface area contributed by atoms with Crippen molar-refractivity contribution in [3.63, 3.8) is 0 Å². The lowest BCUT2D eigenvalue weighted by Gasteiger charge is -2.27. The number of fused-ring (bicyclic) bond motifs is 2. The predicted octanol–water partition coefficient (Wildman–Crippen LogP) is 3.56. The Labute approximate surface area is 175 Å². The third kappa shape index (κ3) is 5.74. The quantitative estimate of drug-likeness (QED) is 0.678. The van der Waals surface area contributed by atoms with Crippen LogP contribution in [-0.2, 0) is 4.79 Å². The zero-order valence-electron chi connectivity index (χ0n) is 16.2. The highest BCUT2D eigenvalue weighted by Gasteiger charge is 2.49. The Morgan fingerprint density at radius 1 is 1.15 bits per heavy atom. The molecule has 154 valence electrons. The summed E-state index contributed by atoms with van der Waals surface area (Å²) in [6.45, 7) is 7.99. The van der Waals surface area contributed by atoms with Gasteiger partial charge in [-0.1, -0.05) is 13.8 Å². The van der Waals surface area contributed by atoms with Crippen LogP contribution in [0.1, 0.15) is 33.1 Å². The van der Waals surface area contributed by atoms with Crippen LogP contribution in [-0.4, -0.2) is 43.1 Å². The topological polar surface area (TPSA) is 67.6 Å². The maximum Gasteiger partial charge on any atom is 0.229 e. The number of amides is 1. The first kappa shape index (κ1) is 24.0. The van der Waals surface area contributed by atoms with Crippen LogP contribution in [0.5, 0.6) is 5.75 Å². The van der Waals surface area contributed by atoms with Gasteiger partial charge in [0, 0.05) is 18.3 Å². The molecule has 0 spiro atoms. The van der Waals surface area contributed by atoms with Gasteiger partial charge in [-0.2, -0.15) is 0 Å².